The minimum atomic E-state index is 0.00441. The normalized spacial score (nSPS) is 11.9. The molecule has 0 aliphatic heterocycles. The summed E-state index contributed by atoms with van der Waals surface area (Å²) in [6, 6.07) is 15.5. The summed E-state index contributed by atoms with van der Waals surface area (Å²) >= 11 is 0. The summed E-state index contributed by atoms with van der Waals surface area (Å²) in [5, 5.41) is 3.03. The van der Waals surface area contributed by atoms with Gasteiger partial charge in [-0.05, 0) is 42.7 Å². The van der Waals surface area contributed by atoms with Crippen LogP contribution in [0.2, 0.25) is 0 Å². The van der Waals surface area contributed by atoms with Crippen LogP contribution in [0.3, 0.4) is 0 Å². The molecule has 0 aliphatic rings. The summed E-state index contributed by atoms with van der Waals surface area (Å²) in [5.41, 5.74) is 9.66. The van der Waals surface area contributed by atoms with Crippen LogP contribution < -0.4 is 11.1 Å². The van der Waals surface area contributed by atoms with Gasteiger partial charge in [-0.2, -0.15) is 0 Å². The minimum absolute atomic E-state index is 0.00441. The van der Waals surface area contributed by atoms with Gasteiger partial charge < -0.3 is 11.1 Å². The van der Waals surface area contributed by atoms with Crippen molar-refractivity contribution < 1.29 is 4.79 Å². The highest BCUT2D eigenvalue weighted by Gasteiger charge is 2.11. The highest BCUT2D eigenvalue weighted by Crippen LogP contribution is 2.17. The van der Waals surface area contributed by atoms with E-state index in [9.17, 15) is 4.79 Å². The molecule has 0 bridgehead atoms. The Bertz CT molecular complexity index is 607. The summed E-state index contributed by atoms with van der Waals surface area (Å²) in [6.07, 6.45) is 0.348. The Morgan fingerprint density at radius 3 is 2.65 bits per heavy atom. The number of amides is 1. The van der Waals surface area contributed by atoms with Crippen molar-refractivity contribution in [2.75, 3.05) is 5.73 Å². The maximum atomic E-state index is 12.1. The van der Waals surface area contributed by atoms with E-state index in [1.54, 1.807) is 0 Å². The molecule has 0 saturated carbocycles. The van der Waals surface area contributed by atoms with E-state index < -0.39 is 0 Å². The molecule has 0 radical (unpaired) electrons. The standard InChI is InChI=1S/C17H20N2O/c1-12-6-3-4-9-16(12)13(2)19-17(20)11-14-7-5-8-15(18)10-14/h3-10,13H,11,18H2,1-2H3,(H,19,20)/t13-/m1/s1. The molecule has 3 heteroatoms. The first-order chi connectivity index (χ1) is 9.56. The van der Waals surface area contributed by atoms with E-state index in [0.717, 1.165) is 11.1 Å². The van der Waals surface area contributed by atoms with E-state index in [2.05, 4.69) is 18.3 Å². The number of carbonyl (C=O) groups is 1. The van der Waals surface area contributed by atoms with Gasteiger partial charge in [0.2, 0.25) is 5.91 Å². The smallest absolute Gasteiger partial charge is 0.224 e. The highest BCUT2D eigenvalue weighted by molar-refractivity contribution is 5.79. The molecular formula is C17H20N2O. The van der Waals surface area contributed by atoms with Gasteiger partial charge in [-0.15, -0.1) is 0 Å². The van der Waals surface area contributed by atoms with Crippen molar-refractivity contribution in [2.24, 2.45) is 0 Å². The Morgan fingerprint density at radius 1 is 1.20 bits per heavy atom. The first-order valence-corrected chi connectivity index (χ1v) is 6.75. The Labute approximate surface area is 119 Å². The van der Waals surface area contributed by atoms with E-state index >= 15 is 0 Å². The van der Waals surface area contributed by atoms with Crippen LogP contribution in [0.1, 0.15) is 29.7 Å². The maximum Gasteiger partial charge on any atom is 0.224 e. The lowest BCUT2D eigenvalue weighted by Gasteiger charge is -2.16. The van der Waals surface area contributed by atoms with Gasteiger partial charge in [0.25, 0.3) is 0 Å². The zero-order valence-corrected chi connectivity index (χ0v) is 11.9. The molecule has 0 unspecified atom stereocenters. The van der Waals surface area contributed by atoms with Crippen molar-refractivity contribution in [3.8, 4) is 0 Å². The van der Waals surface area contributed by atoms with Crippen LogP contribution in [-0.2, 0) is 11.2 Å². The number of nitrogen functional groups attached to an aromatic ring is 1. The molecule has 104 valence electrons. The lowest BCUT2D eigenvalue weighted by atomic mass is 10.0. The van der Waals surface area contributed by atoms with E-state index in [-0.39, 0.29) is 11.9 Å². The molecule has 1 atom stereocenters. The Hall–Kier alpha value is -2.29. The number of aryl methyl sites for hydroxylation is 1. The molecule has 3 N–H and O–H groups in total. The molecule has 0 fully saturated rings. The first kappa shape index (κ1) is 14.1. The number of benzene rings is 2. The second-order valence-corrected chi connectivity index (χ2v) is 5.07. The Morgan fingerprint density at radius 2 is 1.95 bits per heavy atom. The molecule has 0 heterocycles. The average Bonchev–Trinajstić information content (AvgIpc) is 2.38. The number of rotatable bonds is 4. The maximum absolute atomic E-state index is 12.1. The summed E-state index contributed by atoms with van der Waals surface area (Å²) < 4.78 is 0. The van der Waals surface area contributed by atoms with Crippen LogP contribution in [0.15, 0.2) is 48.5 Å². The average molecular weight is 268 g/mol. The van der Waals surface area contributed by atoms with E-state index in [1.807, 2.05) is 49.4 Å². The fourth-order valence-electron chi connectivity index (χ4n) is 2.33. The number of carbonyl (C=O) groups excluding carboxylic acids is 1. The van der Waals surface area contributed by atoms with Gasteiger partial charge in [-0.3, -0.25) is 4.79 Å². The van der Waals surface area contributed by atoms with Crippen molar-refractivity contribution in [2.45, 2.75) is 26.3 Å². The number of hydrogen-bond acceptors (Lipinski definition) is 2. The second kappa shape index (κ2) is 6.24. The van der Waals surface area contributed by atoms with Crippen molar-refractivity contribution in [3.05, 3.63) is 65.2 Å². The molecule has 3 nitrogen and oxygen atoms in total. The van der Waals surface area contributed by atoms with Gasteiger partial charge in [0.15, 0.2) is 0 Å². The van der Waals surface area contributed by atoms with Crippen LogP contribution in [0.25, 0.3) is 0 Å². The van der Waals surface area contributed by atoms with Crippen molar-refractivity contribution in [1.82, 2.24) is 5.32 Å². The Balaban J connectivity index is 2.00. The fraction of sp³-hybridized carbons (Fsp3) is 0.235. The summed E-state index contributed by atoms with van der Waals surface area (Å²) in [5.74, 6) is 0.00588. The van der Waals surface area contributed by atoms with Crippen LogP contribution >= 0.6 is 0 Å². The predicted octanol–water partition coefficient (Wildman–Crippen LogP) is 3.00. The topological polar surface area (TPSA) is 55.1 Å². The van der Waals surface area contributed by atoms with Crippen molar-refractivity contribution in [3.63, 3.8) is 0 Å². The molecule has 1 amide bonds. The van der Waals surface area contributed by atoms with Gasteiger partial charge >= 0.3 is 0 Å². The molecule has 0 saturated heterocycles. The Kier molecular flexibility index (Phi) is 4.41. The monoisotopic (exact) mass is 268 g/mol. The summed E-state index contributed by atoms with van der Waals surface area (Å²) in [4.78, 5) is 12.1. The highest BCUT2D eigenvalue weighted by atomic mass is 16.1. The van der Waals surface area contributed by atoms with Crippen LogP contribution in [0, 0.1) is 6.92 Å². The molecule has 0 aromatic heterocycles. The molecule has 2 aromatic rings. The van der Waals surface area contributed by atoms with Crippen LogP contribution in [0.5, 0.6) is 0 Å². The number of nitrogens with two attached hydrogens (primary N) is 1. The quantitative estimate of drug-likeness (QED) is 0.837. The summed E-state index contributed by atoms with van der Waals surface area (Å²) in [7, 11) is 0. The lowest BCUT2D eigenvalue weighted by Crippen LogP contribution is -2.28. The minimum Gasteiger partial charge on any atom is -0.399 e. The van der Waals surface area contributed by atoms with Gasteiger partial charge in [-0.25, -0.2) is 0 Å². The molecule has 2 aromatic carbocycles. The number of anilines is 1. The molecule has 2 rings (SSSR count). The fourth-order valence-corrected chi connectivity index (χ4v) is 2.33. The lowest BCUT2D eigenvalue weighted by molar-refractivity contribution is -0.121. The van der Waals surface area contributed by atoms with E-state index in [4.69, 9.17) is 5.73 Å². The molecular weight excluding hydrogens is 248 g/mol. The third-order valence-electron chi connectivity index (χ3n) is 3.35. The molecule has 0 aliphatic carbocycles. The van der Waals surface area contributed by atoms with E-state index in [0.29, 0.717) is 12.1 Å². The van der Waals surface area contributed by atoms with Gasteiger partial charge in [0.1, 0.15) is 0 Å². The first-order valence-electron chi connectivity index (χ1n) is 6.75. The van der Waals surface area contributed by atoms with Crippen LogP contribution in [-0.4, -0.2) is 5.91 Å². The third kappa shape index (κ3) is 3.60. The summed E-state index contributed by atoms with van der Waals surface area (Å²) in [6.45, 7) is 4.05. The van der Waals surface area contributed by atoms with Crippen molar-refractivity contribution >= 4 is 11.6 Å². The van der Waals surface area contributed by atoms with Gasteiger partial charge in [-0.1, -0.05) is 36.4 Å². The molecule has 0 spiro atoms. The van der Waals surface area contributed by atoms with E-state index in [1.165, 1.54) is 5.56 Å². The zero-order valence-electron chi connectivity index (χ0n) is 11.9. The third-order valence-corrected chi connectivity index (χ3v) is 3.35. The van der Waals surface area contributed by atoms with Gasteiger partial charge in [0.05, 0.1) is 12.5 Å². The van der Waals surface area contributed by atoms with Crippen LogP contribution in [0.4, 0.5) is 5.69 Å². The number of nitrogens with one attached hydrogen (secondary N) is 1. The zero-order chi connectivity index (χ0) is 14.5. The SMILES string of the molecule is Cc1ccccc1[C@@H](C)NC(=O)Cc1cccc(N)c1. The van der Waals surface area contributed by atoms with Gasteiger partial charge in [0, 0.05) is 5.69 Å². The largest absolute Gasteiger partial charge is 0.399 e. The van der Waals surface area contributed by atoms with Crippen molar-refractivity contribution in [1.29, 1.82) is 0 Å². The second-order valence-electron chi connectivity index (χ2n) is 5.07. The predicted molar refractivity (Wildman–Crippen MR) is 82.3 cm³/mol. The number of hydrogen-bond donors (Lipinski definition) is 2. The molecule has 20 heavy (non-hydrogen) atoms.